The van der Waals surface area contributed by atoms with Gasteiger partial charge >= 0.3 is 5.97 Å². The Hall–Kier alpha value is -1.88. The van der Waals surface area contributed by atoms with Gasteiger partial charge in [-0.25, -0.2) is 0 Å². The quantitative estimate of drug-likeness (QED) is 0.851. The second-order valence-corrected chi connectivity index (χ2v) is 6.66. The predicted molar refractivity (Wildman–Crippen MR) is 90.8 cm³/mol. The molecule has 1 aromatic rings. The highest BCUT2D eigenvalue weighted by Crippen LogP contribution is 2.38. The highest BCUT2D eigenvalue weighted by atomic mass is 35.5. The monoisotopic (exact) mass is 351 g/mol. The van der Waals surface area contributed by atoms with Crippen LogP contribution in [0.25, 0.3) is 0 Å². The predicted octanol–water partition coefficient (Wildman–Crippen LogP) is 3.46. The van der Waals surface area contributed by atoms with Crippen molar-refractivity contribution in [3.63, 3.8) is 0 Å². The smallest absolute Gasteiger partial charge is 0.304 e. The second kappa shape index (κ2) is 7.79. The van der Waals surface area contributed by atoms with Gasteiger partial charge < -0.3 is 10.0 Å². The molecule has 130 valence electrons. The van der Waals surface area contributed by atoms with Gasteiger partial charge in [0.05, 0.1) is 18.5 Å². The summed E-state index contributed by atoms with van der Waals surface area (Å²) in [6.45, 7) is 3.33. The molecule has 0 aliphatic carbocycles. The minimum absolute atomic E-state index is 0.0826. The fourth-order valence-corrected chi connectivity index (χ4v) is 3.58. The zero-order valence-electron chi connectivity index (χ0n) is 13.9. The van der Waals surface area contributed by atoms with E-state index in [0.717, 1.165) is 5.56 Å². The molecule has 2 rings (SSSR count). The van der Waals surface area contributed by atoms with Gasteiger partial charge in [0, 0.05) is 10.9 Å². The van der Waals surface area contributed by atoms with Crippen molar-refractivity contribution in [1.82, 2.24) is 4.90 Å². The molecule has 0 radical (unpaired) electrons. The molecule has 1 aliphatic rings. The van der Waals surface area contributed by atoms with E-state index in [0.29, 0.717) is 24.3 Å². The third-order valence-electron chi connectivity index (χ3n) is 4.60. The Labute approximate surface area is 146 Å². The summed E-state index contributed by atoms with van der Waals surface area (Å²) in [4.78, 5) is 37.6. The number of nitrogens with zero attached hydrogens (tertiary/aromatic N) is 1. The van der Waals surface area contributed by atoms with Gasteiger partial charge in [0.2, 0.25) is 5.91 Å². The van der Waals surface area contributed by atoms with Gasteiger partial charge in [-0.1, -0.05) is 30.7 Å². The third kappa shape index (κ3) is 3.96. The van der Waals surface area contributed by atoms with Crippen LogP contribution in [0.5, 0.6) is 0 Å². The van der Waals surface area contributed by atoms with Crippen molar-refractivity contribution >= 4 is 29.3 Å². The van der Waals surface area contributed by atoms with E-state index in [-0.39, 0.29) is 24.2 Å². The lowest BCUT2D eigenvalue weighted by Crippen LogP contribution is -2.51. The fourth-order valence-electron chi connectivity index (χ4n) is 3.45. The van der Waals surface area contributed by atoms with Crippen molar-refractivity contribution in [2.75, 3.05) is 0 Å². The number of halogens is 1. The van der Waals surface area contributed by atoms with Crippen LogP contribution in [0.1, 0.15) is 51.1 Å². The molecule has 1 heterocycles. The molecule has 1 amide bonds. The summed E-state index contributed by atoms with van der Waals surface area (Å²) in [6.07, 6.45) is 1.44. The number of hydrogen-bond donors (Lipinski definition) is 1. The molecule has 1 aliphatic heterocycles. The third-order valence-corrected chi connectivity index (χ3v) is 4.85. The van der Waals surface area contributed by atoms with Crippen LogP contribution < -0.4 is 0 Å². The Morgan fingerprint density at radius 3 is 2.42 bits per heavy atom. The number of aliphatic carboxylic acids is 1. The van der Waals surface area contributed by atoms with Crippen molar-refractivity contribution in [2.24, 2.45) is 5.92 Å². The lowest BCUT2D eigenvalue weighted by molar-refractivity contribution is -0.153. The summed E-state index contributed by atoms with van der Waals surface area (Å²) in [6, 6.07) is 6.48. The highest BCUT2D eigenvalue weighted by Gasteiger charge is 2.41. The van der Waals surface area contributed by atoms with Crippen LogP contribution in [0.2, 0.25) is 5.02 Å². The summed E-state index contributed by atoms with van der Waals surface area (Å²) in [5, 5.41) is 9.64. The molecule has 6 heteroatoms. The van der Waals surface area contributed by atoms with Crippen LogP contribution in [0.4, 0.5) is 0 Å². The number of carbonyl (C=O) groups excluding carboxylic acids is 2. The number of piperidine rings is 1. The number of ketones is 1. The molecule has 1 aromatic carbocycles. The van der Waals surface area contributed by atoms with Gasteiger partial charge in [-0.15, -0.1) is 0 Å². The molecule has 3 atom stereocenters. The van der Waals surface area contributed by atoms with E-state index in [4.69, 9.17) is 16.7 Å². The van der Waals surface area contributed by atoms with Gasteiger partial charge in [0.1, 0.15) is 0 Å². The van der Waals surface area contributed by atoms with Crippen LogP contribution in [-0.2, 0) is 14.4 Å². The minimum Gasteiger partial charge on any atom is -0.481 e. The van der Waals surface area contributed by atoms with Gasteiger partial charge in [0.15, 0.2) is 5.78 Å². The zero-order valence-corrected chi connectivity index (χ0v) is 14.6. The topological polar surface area (TPSA) is 74.7 Å². The van der Waals surface area contributed by atoms with E-state index in [1.807, 2.05) is 19.1 Å². The Kier molecular flexibility index (Phi) is 5.99. The number of hydrogen-bond acceptors (Lipinski definition) is 3. The molecular formula is C18H22ClNO4. The Morgan fingerprint density at radius 1 is 1.29 bits per heavy atom. The van der Waals surface area contributed by atoms with Crippen molar-refractivity contribution in [3.8, 4) is 0 Å². The number of carboxylic acids is 1. The van der Waals surface area contributed by atoms with E-state index < -0.39 is 17.9 Å². The average molecular weight is 352 g/mol. The number of likely N-dealkylation sites (tertiary alicyclic amines) is 1. The van der Waals surface area contributed by atoms with E-state index >= 15 is 0 Å². The average Bonchev–Trinajstić information content (AvgIpc) is 2.52. The van der Waals surface area contributed by atoms with Crippen LogP contribution in [0, 0.1) is 5.92 Å². The van der Waals surface area contributed by atoms with Gasteiger partial charge in [-0.2, -0.15) is 0 Å². The fraction of sp³-hybridized carbons (Fsp3) is 0.500. The van der Waals surface area contributed by atoms with Crippen molar-refractivity contribution in [2.45, 2.75) is 51.6 Å². The lowest BCUT2D eigenvalue weighted by Gasteiger charge is -2.43. The standard InChI is InChI=1S/C18H22ClNO4/c1-3-15(11(2)21)20-16(12-4-7-14(19)8-5-12)9-6-13(18(20)24)10-17(22)23/h4-5,7-8,13,15-16H,3,6,9-10H2,1-2H3,(H,22,23). The van der Waals surface area contributed by atoms with Crippen LogP contribution in [0.15, 0.2) is 24.3 Å². The molecule has 5 nitrogen and oxygen atoms in total. The zero-order chi connectivity index (χ0) is 17.9. The molecule has 0 saturated carbocycles. The van der Waals surface area contributed by atoms with E-state index in [2.05, 4.69) is 0 Å². The van der Waals surface area contributed by atoms with Gasteiger partial charge in [-0.3, -0.25) is 14.4 Å². The SMILES string of the molecule is CCC(C(C)=O)N1C(=O)C(CC(=O)O)CCC1c1ccc(Cl)cc1. The maximum Gasteiger partial charge on any atom is 0.304 e. The van der Waals surface area contributed by atoms with Gasteiger partial charge in [0.25, 0.3) is 0 Å². The van der Waals surface area contributed by atoms with E-state index in [9.17, 15) is 14.4 Å². The normalized spacial score (nSPS) is 22.3. The summed E-state index contributed by atoms with van der Waals surface area (Å²) < 4.78 is 0. The molecule has 3 unspecified atom stereocenters. The Morgan fingerprint density at radius 2 is 1.92 bits per heavy atom. The van der Waals surface area contributed by atoms with Crippen LogP contribution >= 0.6 is 11.6 Å². The number of carboxylic acid groups (broad SMARTS) is 1. The summed E-state index contributed by atoms with van der Waals surface area (Å²) in [5.74, 6) is -1.89. The van der Waals surface area contributed by atoms with Crippen LogP contribution in [0.3, 0.4) is 0 Å². The molecule has 1 N–H and O–H groups in total. The van der Waals surface area contributed by atoms with E-state index in [1.54, 1.807) is 17.0 Å². The number of amides is 1. The number of benzene rings is 1. The number of carbonyl (C=O) groups is 3. The molecule has 1 fully saturated rings. The molecule has 24 heavy (non-hydrogen) atoms. The Bertz CT molecular complexity index is 628. The van der Waals surface area contributed by atoms with Gasteiger partial charge in [-0.05, 0) is 43.9 Å². The highest BCUT2D eigenvalue weighted by molar-refractivity contribution is 6.30. The van der Waals surface area contributed by atoms with E-state index in [1.165, 1.54) is 6.92 Å². The molecular weight excluding hydrogens is 330 g/mol. The lowest BCUT2D eigenvalue weighted by atomic mass is 9.84. The summed E-state index contributed by atoms with van der Waals surface area (Å²) >= 11 is 5.94. The first-order chi connectivity index (χ1) is 11.3. The molecule has 1 saturated heterocycles. The summed E-state index contributed by atoms with van der Waals surface area (Å²) in [5.41, 5.74) is 0.918. The minimum atomic E-state index is -0.992. The van der Waals surface area contributed by atoms with Crippen molar-refractivity contribution in [1.29, 1.82) is 0 Å². The summed E-state index contributed by atoms with van der Waals surface area (Å²) in [7, 11) is 0. The first kappa shape index (κ1) is 18.5. The number of rotatable bonds is 6. The largest absolute Gasteiger partial charge is 0.481 e. The first-order valence-electron chi connectivity index (χ1n) is 8.15. The van der Waals surface area contributed by atoms with Crippen molar-refractivity contribution in [3.05, 3.63) is 34.9 Å². The first-order valence-corrected chi connectivity index (χ1v) is 8.52. The van der Waals surface area contributed by atoms with Crippen LogP contribution in [-0.4, -0.2) is 33.7 Å². The molecule has 0 bridgehead atoms. The molecule has 0 aromatic heterocycles. The molecule has 0 spiro atoms. The maximum absolute atomic E-state index is 12.9. The second-order valence-electron chi connectivity index (χ2n) is 6.22. The Balaban J connectivity index is 2.38. The van der Waals surface area contributed by atoms with Crippen molar-refractivity contribution < 1.29 is 19.5 Å². The maximum atomic E-state index is 12.9. The number of Topliss-reactive ketones (excluding diaryl/α,β-unsaturated/α-hetero) is 1.